The van der Waals surface area contributed by atoms with Crippen LogP contribution in [0.4, 0.5) is 0 Å². The van der Waals surface area contributed by atoms with Crippen molar-refractivity contribution in [2.24, 2.45) is 16.6 Å². The van der Waals surface area contributed by atoms with Crippen molar-refractivity contribution in [1.82, 2.24) is 10.2 Å². The summed E-state index contributed by atoms with van der Waals surface area (Å²) in [5, 5.41) is 3.25. The van der Waals surface area contributed by atoms with Crippen LogP contribution in [0, 0.1) is 5.92 Å². The third-order valence-corrected chi connectivity index (χ3v) is 4.64. The van der Waals surface area contributed by atoms with E-state index in [4.69, 9.17) is 5.73 Å². The molecule has 4 nitrogen and oxygen atoms in total. The van der Waals surface area contributed by atoms with Crippen LogP contribution in [0.5, 0.6) is 0 Å². The Hall–Kier alpha value is -1.55. The topological polar surface area (TPSA) is 53.6 Å². The van der Waals surface area contributed by atoms with Gasteiger partial charge in [0, 0.05) is 19.1 Å². The number of nitrogens with zero attached hydrogens (tertiary/aromatic N) is 2. The fourth-order valence-corrected chi connectivity index (χ4v) is 2.49. The SMILES string of the molecule is CC(C)N(C)Cc1ccccc1CN=C(N)NCC1CCC1. The van der Waals surface area contributed by atoms with E-state index in [0.29, 0.717) is 18.5 Å². The Morgan fingerprint density at radius 1 is 1.32 bits per heavy atom. The van der Waals surface area contributed by atoms with Crippen LogP contribution in [0.15, 0.2) is 29.3 Å². The third kappa shape index (κ3) is 5.02. The van der Waals surface area contributed by atoms with Gasteiger partial charge < -0.3 is 11.1 Å². The standard InChI is InChI=1S/C18H30N4/c1-14(2)22(3)13-17-10-5-4-9-16(17)12-21-18(19)20-11-15-7-6-8-15/h4-5,9-10,14-15H,6-8,11-13H2,1-3H3,(H3,19,20,21). The normalized spacial score (nSPS) is 16.1. The molecule has 0 saturated heterocycles. The summed E-state index contributed by atoms with van der Waals surface area (Å²) in [5.74, 6) is 1.36. The van der Waals surface area contributed by atoms with Crippen molar-refractivity contribution >= 4 is 5.96 Å². The molecule has 0 aromatic heterocycles. The number of aliphatic imine (C=N–C) groups is 1. The first-order valence-corrected chi connectivity index (χ1v) is 8.37. The molecule has 0 spiro atoms. The minimum absolute atomic E-state index is 0.533. The van der Waals surface area contributed by atoms with Crippen molar-refractivity contribution in [3.8, 4) is 0 Å². The summed E-state index contributed by atoms with van der Waals surface area (Å²) in [7, 11) is 2.15. The first kappa shape index (κ1) is 16.8. The number of benzene rings is 1. The number of hydrogen-bond acceptors (Lipinski definition) is 2. The van der Waals surface area contributed by atoms with Gasteiger partial charge in [-0.05, 0) is 50.8 Å². The summed E-state index contributed by atoms with van der Waals surface area (Å²) in [4.78, 5) is 6.84. The number of rotatable bonds is 7. The quantitative estimate of drug-likeness (QED) is 0.601. The van der Waals surface area contributed by atoms with Crippen molar-refractivity contribution in [3.63, 3.8) is 0 Å². The molecular weight excluding hydrogens is 272 g/mol. The Morgan fingerprint density at radius 2 is 2.00 bits per heavy atom. The Kier molecular flexibility index (Phi) is 6.25. The molecule has 4 heteroatoms. The van der Waals surface area contributed by atoms with Crippen LogP contribution in [0.3, 0.4) is 0 Å². The summed E-state index contributed by atoms with van der Waals surface area (Å²) in [6, 6.07) is 9.02. The molecule has 22 heavy (non-hydrogen) atoms. The molecule has 0 amide bonds. The predicted octanol–water partition coefficient (Wildman–Crippen LogP) is 2.73. The molecule has 1 aromatic rings. The van der Waals surface area contributed by atoms with Gasteiger partial charge in [0.05, 0.1) is 6.54 Å². The fraction of sp³-hybridized carbons (Fsp3) is 0.611. The lowest BCUT2D eigenvalue weighted by Crippen LogP contribution is -2.37. The molecule has 3 N–H and O–H groups in total. The van der Waals surface area contributed by atoms with Crippen LogP contribution < -0.4 is 11.1 Å². The molecule has 0 atom stereocenters. The van der Waals surface area contributed by atoms with Crippen molar-refractivity contribution in [1.29, 1.82) is 0 Å². The minimum atomic E-state index is 0.533. The smallest absolute Gasteiger partial charge is 0.188 e. The summed E-state index contributed by atoms with van der Waals surface area (Å²) in [6.45, 7) is 6.98. The van der Waals surface area contributed by atoms with Gasteiger partial charge in [-0.25, -0.2) is 4.99 Å². The highest BCUT2D eigenvalue weighted by atomic mass is 15.1. The van der Waals surface area contributed by atoms with Crippen molar-refractivity contribution in [2.45, 2.75) is 52.2 Å². The molecule has 1 fully saturated rings. The van der Waals surface area contributed by atoms with Gasteiger partial charge in [0.1, 0.15) is 0 Å². The second kappa shape index (κ2) is 8.18. The summed E-state index contributed by atoms with van der Waals surface area (Å²) < 4.78 is 0. The maximum atomic E-state index is 5.98. The maximum Gasteiger partial charge on any atom is 0.188 e. The highest BCUT2D eigenvalue weighted by molar-refractivity contribution is 5.77. The average molecular weight is 302 g/mol. The van der Waals surface area contributed by atoms with E-state index >= 15 is 0 Å². The van der Waals surface area contributed by atoms with Crippen LogP contribution in [-0.4, -0.2) is 30.5 Å². The molecule has 1 saturated carbocycles. The molecule has 0 bridgehead atoms. The first-order valence-electron chi connectivity index (χ1n) is 8.37. The largest absolute Gasteiger partial charge is 0.370 e. The zero-order valence-electron chi connectivity index (χ0n) is 14.2. The van der Waals surface area contributed by atoms with Crippen LogP contribution >= 0.6 is 0 Å². The van der Waals surface area contributed by atoms with Crippen LogP contribution in [-0.2, 0) is 13.1 Å². The second-order valence-corrected chi connectivity index (χ2v) is 6.66. The fourth-order valence-electron chi connectivity index (χ4n) is 2.49. The Labute approximate surface area is 134 Å². The van der Waals surface area contributed by atoms with E-state index in [1.165, 1.54) is 30.4 Å². The number of guanidine groups is 1. The van der Waals surface area contributed by atoms with Gasteiger partial charge in [-0.3, -0.25) is 4.90 Å². The molecule has 0 radical (unpaired) electrons. The van der Waals surface area contributed by atoms with Crippen molar-refractivity contribution < 1.29 is 0 Å². The predicted molar refractivity (Wildman–Crippen MR) is 93.7 cm³/mol. The van der Waals surface area contributed by atoms with E-state index in [2.05, 4.69) is 60.4 Å². The third-order valence-electron chi connectivity index (χ3n) is 4.64. The van der Waals surface area contributed by atoms with E-state index in [9.17, 15) is 0 Å². The van der Waals surface area contributed by atoms with E-state index in [1.807, 2.05) is 0 Å². The van der Waals surface area contributed by atoms with Crippen molar-refractivity contribution in [2.75, 3.05) is 13.6 Å². The molecule has 0 heterocycles. The van der Waals surface area contributed by atoms with Crippen LogP contribution in [0.2, 0.25) is 0 Å². The van der Waals surface area contributed by atoms with Gasteiger partial charge in [0.15, 0.2) is 5.96 Å². The highest BCUT2D eigenvalue weighted by Gasteiger charge is 2.16. The number of hydrogen-bond donors (Lipinski definition) is 2. The van der Waals surface area contributed by atoms with E-state index in [1.54, 1.807) is 0 Å². The van der Waals surface area contributed by atoms with E-state index in [-0.39, 0.29) is 0 Å². The van der Waals surface area contributed by atoms with Crippen molar-refractivity contribution in [3.05, 3.63) is 35.4 Å². The molecular formula is C18H30N4. The molecule has 1 aliphatic rings. The Morgan fingerprint density at radius 3 is 2.59 bits per heavy atom. The lowest BCUT2D eigenvalue weighted by atomic mass is 9.85. The van der Waals surface area contributed by atoms with Crippen LogP contribution in [0.25, 0.3) is 0 Å². The second-order valence-electron chi connectivity index (χ2n) is 6.66. The maximum absolute atomic E-state index is 5.98. The van der Waals surface area contributed by atoms with Gasteiger partial charge in [-0.1, -0.05) is 30.7 Å². The first-order chi connectivity index (χ1) is 10.6. The molecule has 0 unspecified atom stereocenters. The van der Waals surface area contributed by atoms with Gasteiger partial charge in [-0.2, -0.15) is 0 Å². The van der Waals surface area contributed by atoms with E-state index in [0.717, 1.165) is 19.0 Å². The summed E-state index contributed by atoms with van der Waals surface area (Å²) >= 11 is 0. The molecule has 122 valence electrons. The molecule has 1 aliphatic carbocycles. The van der Waals surface area contributed by atoms with Gasteiger partial charge >= 0.3 is 0 Å². The monoisotopic (exact) mass is 302 g/mol. The minimum Gasteiger partial charge on any atom is -0.370 e. The van der Waals surface area contributed by atoms with Gasteiger partial charge in [0.2, 0.25) is 0 Å². The highest BCUT2D eigenvalue weighted by Crippen LogP contribution is 2.25. The lowest BCUT2D eigenvalue weighted by molar-refractivity contribution is 0.265. The Bertz CT molecular complexity index is 492. The van der Waals surface area contributed by atoms with E-state index < -0.39 is 0 Å². The molecule has 0 aliphatic heterocycles. The van der Waals surface area contributed by atoms with Gasteiger partial charge in [-0.15, -0.1) is 0 Å². The summed E-state index contributed by atoms with van der Waals surface area (Å²) in [6.07, 6.45) is 4.01. The molecule has 1 aromatic carbocycles. The zero-order chi connectivity index (χ0) is 15.9. The summed E-state index contributed by atoms with van der Waals surface area (Å²) in [5.41, 5.74) is 8.56. The number of nitrogens with one attached hydrogen (secondary N) is 1. The van der Waals surface area contributed by atoms with Crippen LogP contribution in [0.1, 0.15) is 44.2 Å². The van der Waals surface area contributed by atoms with Gasteiger partial charge in [0.25, 0.3) is 0 Å². The zero-order valence-corrected chi connectivity index (χ0v) is 14.2. The number of nitrogens with two attached hydrogens (primary N) is 1. The molecule has 2 rings (SSSR count). The Balaban J connectivity index is 1.90. The lowest BCUT2D eigenvalue weighted by Gasteiger charge is -2.25. The average Bonchev–Trinajstić information content (AvgIpc) is 2.44.